The van der Waals surface area contributed by atoms with E-state index < -0.39 is 11.9 Å². The summed E-state index contributed by atoms with van der Waals surface area (Å²) in [6.07, 6.45) is 3.67. The minimum atomic E-state index is -0.832. The van der Waals surface area contributed by atoms with Crippen LogP contribution in [0.5, 0.6) is 0 Å². The van der Waals surface area contributed by atoms with Crippen LogP contribution in [0.4, 0.5) is 0 Å². The van der Waals surface area contributed by atoms with Crippen molar-refractivity contribution in [1.29, 1.82) is 0 Å². The summed E-state index contributed by atoms with van der Waals surface area (Å²) in [5.41, 5.74) is -0.404. The second-order valence-electron chi connectivity index (χ2n) is 8.69. The summed E-state index contributed by atoms with van der Waals surface area (Å²) in [5, 5.41) is 17.5. The van der Waals surface area contributed by atoms with Gasteiger partial charge in [0.15, 0.2) is 0 Å². The van der Waals surface area contributed by atoms with Crippen LogP contribution < -0.4 is 0 Å². The van der Waals surface area contributed by atoms with Gasteiger partial charge in [0, 0.05) is 38.5 Å². The lowest BCUT2D eigenvalue weighted by Crippen LogP contribution is -2.17. The Balaban J connectivity index is 4.06. The Morgan fingerprint density at radius 3 is 1.08 bits per heavy atom. The summed E-state index contributed by atoms with van der Waals surface area (Å²) in [4.78, 5) is 45.2. The summed E-state index contributed by atoms with van der Waals surface area (Å²) in [6, 6.07) is 0. The molecule has 6 nitrogen and oxygen atoms in total. The number of hydrogen-bond donors (Lipinski definition) is 2. The summed E-state index contributed by atoms with van der Waals surface area (Å²) in [6.45, 7) is 7.81. The molecule has 0 spiro atoms. The van der Waals surface area contributed by atoms with E-state index in [1.807, 2.05) is 27.7 Å². The minimum Gasteiger partial charge on any atom is -0.481 e. The standard InChI is InChI=1S/C20H34O6/c1-19(2,13-9-17(23)24)11-7-15(21)5-6-16(22)8-12-20(3,4)14-10-18(25)26/h5-14H2,1-4H3,(H,23,24)(H,25,26). The second-order valence-corrected chi connectivity index (χ2v) is 8.69. The lowest BCUT2D eigenvalue weighted by molar-refractivity contribution is -0.138. The molecule has 0 radical (unpaired) electrons. The van der Waals surface area contributed by atoms with Crippen LogP contribution in [0.3, 0.4) is 0 Å². The first kappa shape index (κ1) is 24.3. The maximum atomic E-state index is 12.0. The van der Waals surface area contributed by atoms with Gasteiger partial charge in [-0.2, -0.15) is 0 Å². The molecule has 0 aliphatic carbocycles. The average molecular weight is 370 g/mol. The fraction of sp³-hybridized carbons (Fsp3) is 0.800. The fourth-order valence-electron chi connectivity index (χ4n) is 2.63. The van der Waals surface area contributed by atoms with Crippen molar-refractivity contribution in [2.45, 2.75) is 91.9 Å². The maximum absolute atomic E-state index is 12.0. The zero-order valence-electron chi connectivity index (χ0n) is 16.6. The summed E-state index contributed by atoms with van der Waals surface area (Å²) >= 11 is 0. The molecule has 26 heavy (non-hydrogen) atoms. The van der Waals surface area contributed by atoms with Crippen molar-refractivity contribution in [2.75, 3.05) is 0 Å². The zero-order valence-corrected chi connectivity index (χ0v) is 16.6. The molecule has 0 aromatic rings. The van der Waals surface area contributed by atoms with Gasteiger partial charge in [0.05, 0.1) is 0 Å². The second kappa shape index (κ2) is 11.1. The molecule has 0 amide bonds. The largest absolute Gasteiger partial charge is 0.481 e. The van der Waals surface area contributed by atoms with Crippen molar-refractivity contribution in [2.24, 2.45) is 10.8 Å². The van der Waals surface area contributed by atoms with E-state index in [-0.39, 0.29) is 48.1 Å². The monoisotopic (exact) mass is 370 g/mol. The Hall–Kier alpha value is -1.72. The Morgan fingerprint density at radius 1 is 0.538 bits per heavy atom. The first-order valence-electron chi connectivity index (χ1n) is 9.30. The van der Waals surface area contributed by atoms with Crippen LogP contribution in [-0.4, -0.2) is 33.7 Å². The number of ketones is 2. The van der Waals surface area contributed by atoms with Gasteiger partial charge in [0.2, 0.25) is 0 Å². The Labute approximate surface area is 156 Å². The third-order valence-electron chi connectivity index (χ3n) is 4.88. The highest BCUT2D eigenvalue weighted by Gasteiger charge is 2.22. The van der Waals surface area contributed by atoms with E-state index in [1.54, 1.807) is 0 Å². The van der Waals surface area contributed by atoms with E-state index in [0.29, 0.717) is 38.5 Å². The number of carbonyl (C=O) groups is 4. The number of hydrogen-bond acceptors (Lipinski definition) is 4. The first-order chi connectivity index (χ1) is 11.8. The Kier molecular flexibility index (Phi) is 10.4. The van der Waals surface area contributed by atoms with Gasteiger partial charge in [0.25, 0.3) is 0 Å². The third-order valence-corrected chi connectivity index (χ3v) is 4.88. The molecule has 0 aliphatic heterocycles. The highest BCUT2D eigenvalue weighted by Crippen LogP contribution is 2.30. The molecular formula is C20H34O6. The molecule has 0 unspecified atom stereocenters. The molecule has 0 rings (SSSR count). The highest BCUT2D eigenvalue weighted by atomic mass is 16.4. The predicted molar refractivity (Wildman–Crippen MR) is 99.0 cm³/mol. The molecule has 0 aliphatic rings. The molecule has 0 atom stereocenters. The van der Waals surface area contributed by atoms with Crippen LogP contribution in [0, 0.1) is 10.8 Å². The molecule has 6 heteroatoms. The van der Waals surface area contributed by atoms with Gasteiger partial charge in [-0.25, -0.2) is 0 Å². The molecule has 0 aromatic heterocycles. The van der Waals surface area contributed by atoms with Crippen molar-refractivity contribution >= 4 is 23.5 Å². The van der Waals surface area contributed by atoms with Crippen molar-refractivity contribution in [3.8, 4) is 0 Å². The lowest BCUT2D eigenvalue weighted by atomic mass is 9.81. The van der Waals surface area contributed by atoms with Crippen LogP contribution in [0.2, 0.25) is 0 Å². The number of Topliss-reactive ketones (excluding diaryl/α,β-unsaturated/α-hetero) is 2. The normalized spacial score (nSPS) is 12.0. The van der Waals surface area contributed by atoms with E-state index in [1.165, 1.54) is 0 Å². The smallest absolute Gasteiger partial charge is 0.303 e. The molecular weight excluding hydrogens is 336 g/mol. The molecule has 0 fully saturated rings. The molecule has 0 heterocycles. The van der Waals surface area contributed by atoms with Crippen LogP contribution in [0.1, 0.15) is 91.9 Å². The fourth-order valence-corrected chi connectivity index (χ4v) is 2.63. The number of carbonyl (C=O) groups excluding carboxylic acids is 2. The number of aliphatic carboxylic acids is 2. The van der Waals surface area contributed by atoms with Gasteiger partial charge in [-0.1, -0.05) is 27.7 Å². The van der Waals surface area contributed by atoms with E-state index in [2.05, 4.69) is 0 Å². The van der Waals surface area contributed by atoms with Gasteiger partial charge in [-0.15, -0.1) is 0 Å². The summed E-state index contributed by atoms with van der Waals surface area (Å²) < 4.78 is 0. The zero-order chi connectivity index (χ0) is 20.4. The number of rotatable bonds is 15. The maximum Gasteiger partial charge on any atom is 0.303 e. The van der Waals surface area contributed by atoms with E-state index >= 15 is 0 Å². The molecule has 0 aromatic carbocycles. The third kappa shape index (κ3) is 13.6. The van der Waals surface area contributed by atoms with Crippen LogP contribution in [0.15, 0.2) is 0 Å². The van der Waals surface area contributed by atoms with E-state index in [9.17, 15) is 19.2 Å². The highest BCUT2D eigenvalue weighted by molar-refractivity contribution is 5.86. The summed E-state index contributed by atoms with van der Waals surface area (Å²) in [7, 11) is 0. The van der Waals surface area contributed by atoms with Crippen LogP contribution in [-0.2, 0) is 19.2 Å². The summed E-state index contributed by atoms with van der Waals surface area (Å²) in [5.74, 6) is -1.60. The van der Waals surface area contributed by atoms with Crippen LogP contribution >= 0.6 is 0 Å². The van der Waals surface area contributed by atoms with Gasteiger partial charge >= 0.3 is 11.9 Å². The van der Waals surface area contributed by atoms with E-state index in [0.717, 1.165) is 0 Å². The topological polar surface area (TPSA) is 109 Å². The minimum absolute atomic E-state index is 0.0342. The number of carboxylic acids is 2. The van der Waals surface area contributed by atoms with Gasteiger partial charge < -0.3 is 10.2 Å². The first-order valence-corrected chi connectivity index (χ1v) is 9.30. The quantitative estimate of drug-likeness (QED) is 0.446. The predicted octanol–water partition coefficient (Wildman–Crippen LogP) is 4.25. The van der Waals surface area contributed by atoms with Crippen molar-refractivity contribution in [3.05, 3.63) is 0 Å². The van der Waals surface area contributed by atoms with Gasteiger partial charge in [-0.05, 0) is 36.5 Å². The van der Waals surface area contributed by atoms with Gasteiger partial charge in [0.1, 0.15) is 11.6 Å². The van der Waals surface area contributed by atoms with Gasteiger partial charge in [-0.3, -0.25) is 19.2 Å². The van der Waals surface area contributed by atoms with E-state index in [4.69, 9.17) is 10.2 Å². The van der Waals surface area contributed by atoms with Crippen molar-refractivity contribution in [3.63, 3.8) is 0 Å². The van der Waals surface area contributed by atoms with Crippen molar-refractivity contribution in [1.82, 2.24) is 0 Å². The SMILES string of the molecule is CC(C)(CCC(=O)O)CCC(=O)CCC(=O)CCC(C)(C)CCC(=O)O. The number of carboxylic acid groups (broad SMARTS) is 2. The molecule has 0 saturated carbocycles. The Bertz CT molecular complexity index is 458. The Morgan fingerprint density at radius 2 is 0.808 bits per heavy atom. The molecule has 150 valence electrons. The molecule has 0 saturated heterocycles. The molecule has 2 N–H and O–H groups in total. The van der Waals surface area contributed by atoms with Crippen molar-refractivity contribution < 1.29 is 29.4 Å². The van der Waals surface area contributed by atoms with Crippen LogP contribution in [0.25, 0.3) is 0 Å². The molecule has 0 bridgehead atoms. The average Bonchev–Trinajstić information content (AvgIpc) is 2.53. The lowest BCUT2D eigenvalue weighted by Gasteiger charge is -2.23.